The molecule has 17 heavy (non-hydrogen) atoms. The van der Waals surface area contributed by atoms with Crippen molar-refractivity contribution in [1.82, 2.24) is 0 Å². The molecule has 0 bridgehead atoms. The van der Waals surface area contributed by atoms with Gasteiger partial charge in [0.25, 0.3) is 0 Å². The molecule has 0 N–H and O–H groups in total. The lowest BCUT2D eigenvalue weighted by Gasteiger charge is -2.12. The van der Waals surface area contributed by atoms with Gasteiger partial charge in [0.1, 0.15) is 0 Å². The first-order valence-electron chi connectivity index (χ1n) is 5.35. The molecule has 4 nitrogen and oxygen atoms in total. The number of carbonyl (C=O) groups is 2. The first-order chi connectivity index (χ1) is 8.10. The summed E-state index contributed by atoms with van der Waals surface area (Å²) < 4.78 is 9.34. The second kappa shape index (κ2) is 6.03. The molecule has 4 heteroatoms. The molecule has 0 spiro atoms. The summed E-state index contributed by atoms with van der Waals surface area (Å²) >= 11 is 0. The highest BCUT2D eigenvalue weighted by Gasteiger charge is 2.22. The minimum absolute atomic E-state index is 0.161. The van der Waals surface area contributed by atoms with E-state index in [1.54, 1.807) is 18.2 Å². The number of allylic oxidation sites excluding steroid dienone is 4. The smallest absolute Gasteiger partial charge is 0.338 e. The second-order valence-electron chi connectivity index (χ2n) is 3.78. The van der Waals surface area contributed by atoms with Crippen LogP contribution in [-0.2, 0) is 19.1 Å². The first-order valence-corrected chi connectivity index (χ1v) is 5.35. The summed E-state index contributed by atoms with van der Waals surface area (Å²) in [6.07, 6.45) is 7.81. The van der Waals surface area contributed by atoms with Crippen LogP contribution in [0.5, 0.6) is 0 Å². The Balaban J connectivity index is 3.21. The van der Waals surface area contributed by atoms with E-state index in [9.17, 15) is 9.59 Å². The number of hydrogen-bond donors (Lipinski definition) is 0. The maximum atomic E-state index is 11.6. The standard InChI is InChI=1S/C13H16O4/c1-9-6-4-5-7-10(12(14)16-2)11(8-9)13(15)17-3/h4-5,7-9H,6H2,1-3H3/b5-4-,10-7+,11-8+. The Labute approximate surface area is 101 Å². The third-order valence-electron chi connectivity index (χ3n) is 2.46. The highest BCUT2D eigenvalue weighted by molar-refractivity contribution is 6.07. The van der Waals surface area contributed by atoms with Crippen molar-refractivity contribution in [1.29, 1.82) is 0 Å². The Bertz CT molecular complexity index is 402. The van der Waals surface area contributed by atoms with Crippen molar-refractivity contribution in [2.24, 2.45) is 5.92 Å². The number of rotatable bonds is 2. The fraction of sp³-hybridized carbons (Fsp3) is 0.385. The van der Waals surface area contributed by atoms with Crippen molar-refractivity contribution in [2.75, 3.05) is 14.2 Å². The van der Waals surface area contributed by atoms with Crippen LogP contribution in [0, 0.1) is 5.92 Å². The van der Waals surface area contributed by atoms with Gasteiger partial charge in [-0.3, -0.25) is 0 Å². The first kappa shape index (κ1) is 13.2. The molecule has 1 unspecified atom stereocenters. The minimum atomic E-state index is -0.541. The van der Waals surface area contributed by atoms with Gasteiger partial charge in [0, 0.05) is 0 Å². The van der Waals surface area contributed by atoms with Crippen molar-refractivity contribution in [2.45, 2.75) is 13.3 Å². The number of esters is 2. The molecular weight excluding hydrogens is 220 g/mol. The Morgan fingerprint density at radius 2 is 1.76 bits per heavy atom. The van der Waals surface area contributed by atoms with Gasteiger partial charge in [-0.15, -0.1) is 0 Å². The third-order valence-corrected chi connectivity index (χ3v) is 2.46. The average molecular weight is 236 g/mol. The molecule has 0 saturated heterocycles. The van der Waals surface area contributed by atoms with Crippen LogP contribution < -0.4 is 0 Å². The van der Waals surface area contributed by atoms with Gasteiger partial charge < -0.3 is 9.47 Å². The average Bonchev–Trinajstić information content (AvgIpc) is 2.32. The third kappa shape index (κ3) is 3.31. The molecule has 92 valence electrons. The van der Waals surface area contributed by atoms with Crippen molar-refractivity contribution in [3.8, 4) is 0 Å². The van der Waals surface area contributed by atoms with Crippen molar-refractivity contribution in [3.63, 3.8) is 0 Å². The van der Waals surface area contributed by atoms with E-state index < -0.39 is 11.9 Å². The van der Waals surface area contributed by atoms with E-state index in [2.05, 4.69) is 9.47 Å². The van der Waals surface area contributed by atoms with Crippen molar-refractivity contribution in [3.05, 3.63) is 35.5 Å². The zero-order valence-corrected chi connectivity index (χ0v) is 10.2. The molecule has 0 radical (unpaired) electrons. The lowest BCUT2D eigenvalue weighted by molar-refractivity contribution is -0.139. The lowest BCUT2D eigenvalue weighted by Crippen LogP contribution is -2.16. The maximum absolute atomic E-state index is 11.6. The van der Waals surface area contributed by atoms with Crippen molar-refractivity contribution >= 4 is 11.9 Å². The SMILES string of the molecule is COC(=O)C1=C/C=C\CC(C)/C=C\1C(=O)OC. The van der Waals surface area contributed by atoms with Gasteiger partial charge in [0.05, 0.1) is 25.4 Å². The van der Waals surface area contributed by atoms with E-state index >= 15 is 0 Å². The van der Waals surface area contributed by atoms with E-state index in [0.717, 1.165) is 6.42 Å². The van der Waals surface area contributed by atoms with Crippen LogP contribution in [0.25, 0.3) is 0 Å². The van der Waals surface area contributed by atoms with Gasteiger partial charge in [-0.05, 0) is 18.4 Å². The molecule has 1 aliphatic rings. The molecule has 0 aliphatic heterocycles. The van der Waals surface area contributed by atoms with Gasteiger partial charge in [-0.2, -0.15) is 0 Å². The molecule has 1 rings (SSSR count). The normalized spacial score (nSPS) is 27.6. The summed E-state index contributed by atoms with van der Waals surface area (Å²) in [7, 11) is 2.57. The van der Waals surface area contributed by atoms with Crippen LogP contribution in [-0.4, -0.2) is 26.2 Å². The summed E-state index contributed by atoms with van der Waals surface area (Å²) in [5.41, 5.74) is 0.485. The predicted octanol–water partition coefficient (Wildman–Crippen LogP) is 1.78. The quantitative estimate of drug-likeness (QED) is 0.686. The Morgan fingerprint density at radius 1 is 1.18 bits per heavy atom. The summed E-state index contributed by atoms with van der Waals surface area (Å²) in [6.45, 7) is 1.97. The van der Waals surface area contributed by atoms with Crippen LogP contribution in [0.4, 0.5) is 0 Å². The number of methoxy groups -OCH3 is 2. The highest BCUT2D eigenvalue weighted by Crippen LogP contribution is 2.20. The van der Waals surface area contributed by atoms with Crippen LogP contribution in [0.3, 0.4) is 0 Å². The van der Waals surface area contributed by atoms with E-state index in [1.807, 2.05) is 13.0 Å². The molecule has 0 amide bonds. The van der Waals surface area contributed by atoms with Gasteiger partial charge in [0.15, 0.2) is 0 Å². The molecular formula is C13H16O4. The topological polar surface area (TPSA) is 52.6 Å². The van der Waals surface area contributed by atoms with E-state index in [4.69, 9.17) is 0 Å². The molecule has 1 aliphatic carbocycles. The minimum Gasteiger partial charge on any atom is -0.465 e. The van der Waals surface area contributed by atoms with Gasteiger partial charge in [-0.25, -0.2) is 9.59 Å². The molecule has 0 aromatic carbocycles. The Hall–Kier alpha value is -1.84. The summed E-state index contributed by atoms with van der Waals surface area (Å²) in [5.74, 6) is -0.905. The number of hydrogen-bond acceptors (Lipinski definition) is 4. The molecule has 0 aromatic rings. The Morgan fingerprint density at radius 3 is 2.35 bits per heavy atom. The summed E-state index contributed by atoms with van der Waals surface area (Å²) in [5, 5.41) is 0. The van der Waals surface area contributed by atoms with Gasteiger partial charge >= 0.3 is 11.9 Å². The summed E-state index contributed by atoms with van der Waals surface area (Å²) in [6, 6.07) is 0. The number of ether oxygens (including phenoxy) is 2. The maximum Gasteiger partial charge on any atom is 0.338 e. The van der Waals surface area contributed by atoms with Crippen LogP contribution in [0.2, 0.25) is 0 Å². The Kier molecular flexibility index (Phi) is 4.69. The fourth-order valence-electron chi connectivity index (χ4n) is 1.57. The molecule has 0 heterocycles. The zero-order valence-electron chi connectivity index (χ0n) is 10.2. The predicted molar refractivity (Wildman–Crippen MR) is 63.1 cm³/mol. The zero-order chi connectivity index (χ0) is 12.8. The van der Waals surface area contributed by atoms with E-state index in [1.165, 1.54) is 14.2 Å². The van der Waals surface area contributed by atoms with Crippen LogP contribution >= 0.6 is 0 Å². The van der Waals surface area contributed by atoms with Gasteiger partial charge in [-0.1, -0.05) is 25.2 Å². The fourth-order valence-corrected chi connectivity index (χ4v) is 1.57. The van der Waals surface area contributed by atoms with Crippen LogP contribution in [0.15, 0.2) is 35.5 Å². The largest absolute Gasteiger partial charge is 0.465 e. The highest BCUT2D eigenvalue weighted by atomic mass is 16.5. The van der Waals surface area contributed by atoms with Gasteiger partial charge in [0.2, 0.25) is 0 Å². The molecule has 0 fully saturated rings. The second-order valence-corrected chi connectivity index (χ2v) is 3.78. The van der Waals surface area contributed by atoms with Crippen LogP contribution in [0.1, 0.15) is 13.3 Å². The number of carbonyl (C=O) groups excluding carboxylic acids is 2. The lowest BCUT2D eigenvalue weighted by atomic mass is 9.96. The monoisotopic (exact) mass is 236 g/mol. The molecule has 1 atom stereocenters. The molecule has 0 saturated carbocycles. The van der Waals surface area contributed by atoms with E-state index in [-0.39, 0.29) is 17.1 Å². The molecule has 0 aromatic heterocycles. The summed E-state index contributed by atoms with van der Waals surface area (Å²) in [4.78, 5) is 23.2. The van der Waals surface area contributed by atoms with E-state index in [0.29, 0.717) is 0 Å². The van der Waals surface area contributed by atoms with Crippen molar-refractivity contribution < 1.29 is 19.1 Å².